The summed E-state index contributed by atoms with van der Waals surface area (Å²) in [4.78, 5) is 5.52. The minimum absolute atomic E-state index is 0.393. The van der Waals surface area contributed by atoms with Crippen LogP contribution in [0.25, 0.3) is 0 Å². The van der Waals surface area contributed by atoms with Gasteiger partial charge in [0.1, 0.15) is 0 Å². The van der Waals surface area contributed by atoms with Crippen LogP contribution in [0, 0.1) is 5.92 Å². The summed E-state index contributed by atoms with van der Waals surface area (Å²) in [5, 5.41) is 9.19. The minimum atomic E-state index is 0.393. The normalized spacial score (nSPS) is 41.9. The molecule has 2 heterocycles. The highest BCUT2D eigenvalue weighted by molar-refractivity contribution is 4.94. The number of aliphatic hydroxyl groups excluding tert-OH is 1. The third-order valence-electron chi connectivity index (χ3n) is 6.73. The number of aliphatic hydroxyl groups is 1. The molecule has 4 fully saturated rings. The van der Waals surface area contributed by atoms with Gasteiger partial charge in [0.25, 0.3) is 0 Å². The molecule has 2 saturated carbocycles. The lowest BCUT2D eigenvalue weighted by Gasteiger charge is -2.51. The van der Waals surface area contributed by atoms with Crippen molar-refractivity contribution in [3.8, 4) is 0 Å². The van der Waals surface area contributed by atoms with Crippen molar-refractivity contribution in [2.45, 2.75) is 75.6 Å². The van der Waals surface area contributed by atoms with Crippen molar-refractivity contribution >= 4 is 0 Å². The minimum Gasteiger partial charge on any atom is -0.396 e. The Morgan fingerprint density at radius 2 is 1.68 bits per heavy atom. The molecule has 0 spiro atoms. The molecular formula is C18H32N2O2. The van der Waals surface area contributed by atoms with Crippen LogP contribution in [0.5, 0.6) is 0 Å². The lowest BCUT2D eigenvalue weighted by molar-refractivity contribution is -0.111. The first-order valence-corrected chi connectivity index (χ1v) is 9.57. The third kappa shape index (κ3) is 2.95. The van der Waals surface area contributed by atoms with Crippen LogP contribution >= 0.6 is 0 Å². The van der Waals surface area contributed by atoms with E-state index in [0.717, 1.165) is 25.2 Å². The summed E-state index contributed by atoms with van der Waals surface area (Å²) >= 11 is 0. The van der Waals surface area contributed by atoms with Crippen molar-refractivity contribution in [1.29, 1.82) is 0 Å². The zero-order valence-corrected chi connectivity index (χ0v) is 13.8. The molecule has 22 heavy (non-hydrogen) atoms. The smallest absolute Gasteiger partial charge is 0.0731 e. The SMILES string of the molecule is OCC1CC(N2CCC(N3CCO[C@H]4CCCC[C@@H]43)CC2)C1. The second-order valence-corrected chi connectivity index (χ2v) is 7.94. The number of ether oxygens (including phenoxy) is 1. The third-order valence-corrected chi connectivity index (χ3v) is 6.73. The van der Waals surface area contributed by atoms with Gasteiger partial charge in [0.2, 0.25) is 0 Å². The van der Waals surface area contributed by atoms with Crippen LogP contribution in [0.1, 0.15) is 51.4 Å². The fourth-order valence-electron chi connectivity index (χ4n) is 5.31. The van der Waals surface area contributed by atoms with Crippen molar-refractivity contribution in [3.63, 3.8) is 0 Å². The topological polar surface area (TPSA) is 35.9 Å². The summed E-state index contributed by atoms with van der Waals surface area (Å²) < 4.78 is 6.04. The average molecular weight is 308 g/mol. The monoisotopic (exact) mass is 308 g/mol. The number of likely N-dealkylation sites (tertiary alicyclic amines) is 1. The molecular weight excluding hydrogens is 276 g/mol. The van der Waals surface area contributed by atoms with Crippen LogP contribution in [-0.2, 0) is 4.74 Å². The molecule has 0 aromatic rings. The zero-order valence-electron chi connectivity index (χ0n) is 13.8. The summed E-state index contributed by atoms with van der Waals surface area (Å²) in [5.41, 5.74) is 0. The number of nitrogens with zero attached hydrogens (tertiary/aromatic N) is 2. The molecule has 1 N–H and O–H groups in total. The van der Waals surface area contributed by atoms with Gasteiger partial charge in [-0.25, -0.2) is 0 Å². The van der Waals surface area contributed by atoms with Crippen molar-refractivity contribution in [3.05, 3.63) is 0 Å². The Bertz CT molecular complexity index is 362. The van der Waals surface area contributed by atoms with Gasteiger partial charge in [-0.1, -0.05) is 12.8 Å². The van der Waals surface area contributed by atoms with Crippen molar-refractivity contribution in [2.75, 3.05) is 32.8 Å². The highest BCUT2D eigenvalue weighted by Crippen LogP contribution is 2.35. The number of hydrogen-bond acceptors (Lipinski definition) is 4. The quantitative estimate of drug-likeness (QED) is 0.863. The van der Waals surface area contributed by atoms with Gasteiger partial charge in [-0.3, -0.25) is 4.90 Å². The van der Waals surface area contributed by atoms with Gasteiger partial charge < -0.3 is 14.7 Å². The molecule has 0 radical (unpaired) electrons. The van der Waals surface area contributed by atoms with Gasteiger partial charge in [0.15, 0.2) is 0 Å². The van der Waals surface area contributed by atoms with Gasteiger partial charge in [-0.05, 0) is 57.5 Å². The summed E-state index contributed by atoms with van der Waals surface area (Å²) in [7, 11) is 0. The molecule has 4 rings (SSSR count). The molecule has 4 nitrogen and oxygen atoms in total. The Balaban J connectivity index is 1.29. The van der Waals surface area contributed by atoms with E-state index in [1.165, 1.54) is 64.5 Å². The Morgan fingerprint density at radius 3 is 2.45 bits per heavy atom. The summed E-state index contributed by atoms with van der Waals surface area (Å²) in [5.74, 6) is 0.588. The Morgan fingerprint density at radius 1 is 0.909 bits per heavy atom. The molecule has 2 aliphatic carbocycles. The van der Waals surface area contributed by atoms with E-state index in [1.807, 2.05) is 0 Å². The van der Waals surface area contributed by atoms with E-state index in [2.05, 4.69) is 9.80 Å². The van der Waals surface area contributed by atoms with E-state index in [4.69, 9.17) is 4.74 Å². The number of rotatable bonds is 3. The molecule has 0 aromatic heterocycles. The Labute approximate surface area is 134 Å². The largest absolute Gasteiger partial charge is 0.396 e. The molecule has 4 heteroatoms. The number of piperidine rings is 1. The maximum atomic E-state index is 9.19. The van der Waals surface area contributed by atoms with E-state index in [9.17, 15) is 5.11 Å². The number of morpholine rings is 1. The van der Waals surface area contributed by atoms with Crippen LogP contribution in [0.3, 0.4) is 0 Å². The lowest BCUT2D eigenvalue weighted by atomic mass is 9.79. The molecule has 2 saturated heterocycles. The standard InChI is InChI=1S/C18H32N2O2/c21-13-14-11-16(12-14)19-7-5-15(6-8-19)20-9-10-22-18-4-2-1-3-17(18)20/h14-18,21H,1-13H2/t14?,16?,17-,18-/m0/s1. The first-order valence-electron chi connectivity index (χ1n) is 9.57. The number of fused-ring (bicyclic) bond motifs is 1. The van der Waals surface area contributed by atoms with Crippen molar-refractivity contribution in [1.82, 2.24) is 9.80 Å². The van der Waals surface area contributed by atoms with E-state index in [-0.39, 0.29) is 0 Å². The Kier molecular flexibility index (Phi) is 4.72. The van der Waals surface area contributed by atoms with Crippen molar-refractivity contribution < 1.29 is 9.84 Å². The summed E-state index contributed by atoms with van der Waals surface area (Å²) in [6.07, 6.45) is 11.0. The molecule has 2 aliphatic heterocycles. The van der Waals surface area contributed by atoms with Gasteiger partial charge in [0, 0.05) is 31.3 Å². The van der Waals surface area contributed by atoms with E-state index in [0.29, 0.717) is 24.7 Å². The molecule has 0 amide bonds. The molecule has 126 valence electrons. The molecule has 4 aliphatic rings. The second kappa shape index (κ2) is 6.76. The first-order chi connectivity index (χ1) is 10.8. The second-order valence-electron chi connectivity index (χ2n) is 7.94. The van der Waals surface area contributed by atoms with E-state index >= 15 is 0 Å². The fraction of sp³-hybridized carbons (Fsp3) is 1.00. The fourth-order valence-corrected chi connectivity index (χ4v) is 5.31. The maximum absolute atomic E-state index is 9.19. The number of hydrogen-bond donors (Lipinski definition) is 1. The summed E-state index contributed by atoms with van der Waals surface area (Å²) in [6, 6.07) is 2.27. The predicted molar refractivity (Wildman–Crippen MR) is 86.9 cm³/mol. The van der Waals surface area contributed by atoms with Crippen LogP contribution in [0.15, 0.2) is 0 Å². The van der Waals surface area contributed by atoms with Crippen LogP contribution < -0.4 is 0 Å². The van der Waals surface area contributed by atoms with Crippen molar-refractivity contribution in [2.24, 2.45) is 5.92 Å². The molecule has 2 atom stereocenters. The first kappa shape index (κ1) is 15.4. The Hall–Kier alpha value is -0.160. The highest BCUT2D eigenvalue weighted by atomic mass is 16.5. The van der Waals surface area contributed by atoms with Gasteiger partial charge in [0.05, 0.1) is 12.7 Å². The molecule has 0 unspecified atom stereocenters. The van der Waals surface area contributed by atoms with Gasteiger partial charge in [-0.15, -0.1) is 0 Å². The van der Waals surface area contributed by atoms with Crippen LogP contribution in [0.4, 0.5) is 0 Å². The molecule has 0 bridgehead atoms. The van der Waals surface area contributed by atoms with E-state index in [1.54, 1.807) is 0 Å². The van der Waals surface area contributed by atoms with E-state index < -0.39 is 0 Å². The highest BCUT2D eigenvalue weighted by Gasteiger charge is 2.40. The van der Waals surface area contributed by atoms with Gasteiger partial charge >= 0.3 is 0 Å². The predicted octanol–water partition coefficient (Wildman–Crippen LogP) is 1.87. The van der Waals surface area contributed by atoms with Crippen LogP contribution in [0.2, 0.25) is 0 Å². The summed E-state index contributed by atoms with van der Waals surface area (Å²) in [6.45, 7) is 5.03. The molecule has 0 aromatic carbocycles. The van der Waals surface area contributed by atoms with Crippen LogP contribution in [-0.4, -0.2) is 72.0 Å². The lowest BCUT2D eigenvalue weighted by Crippen LogP contribution is -2.59. The average Bonchev–Trinajstić information content (AvgIpc) is 2.54. The van der Waals surface area contributed by atoms with Gasteiger partial charge in [-0.2, -0.15) is 0 Å². The maximum Gasteiger partial charge on any atom is 0.0731 e. The zero-order chi connectivity index (χ0) is 14.9.